The smallest absolute Gasteiger partial charge is 0.306 e. The van der Waals surface area contributed by atoms with E-state index >= 15 is 0 Å². The molecule has 0 aromatic carbocycles. The first-order chi connectivity index (χ1) is 6.60. The van der Waals surface area contributed by atoms with Crippen LogP contribution in [0.4, 0.5) is 0 Å². The molecule has 0 heterocycles. The molecule has 0 N–H and O–H groups in total. The van der Waals surface area contributed by atoms with Gasteiger partial charge in [-0.2, -0.15) is 0 Å². The molecule has 14 heavy (non-hydrogen) atoms. The Kier molecular flexibility index (Phi) is 7.55. The summed E-state index contributed by atoms with van der Waals surface area (Å²) in [5.74, 6) is 0.668. The second-order valence-corrected chi connectivity index (χ2v) is 7.22. The summed E-state index contributed by atoms with van der Waals surface area (Å²) in [5.41, 5.74) is 1.36. The predicted molar refractivity (Wildman–Crippen MR) is 67.9 cm³/mol. The fraction of sp³-hybridized carbons (Fsp3) is 0.625. The zero-order valence-electron chi connectivity index (χ0n) is 8.67. The highest BCUT2D eigenvalue weighted by molar-refractivity contribution is 8.56. The van der Waals surface area contributed by atoms with Gasteiger partial charge in [0.25, 0.3) is 0 Å². The zero-order chi connectivity index (χ0) is 11.0. The number of nitrogens with zero attached hydrogens (tertiary/aromatic N) is 1. The van der Waals surface area contributed by atoms with Crippen molar-refractivity contribution >= 4 is 35.8 Å². The maximum Gasteiger partial charge on any atom is 0.353 e. The predicted octanol–water partition coefficient (Wildman–Crippen LogP) is 3.33. The lowest BCUT2D eigenvalue weighted by molar-refractivity contribution is 0.325. The first kappa shape index (κ1) is 14.2. The minimum atomic E-state index is -2.80. The second kappa shape index (κ2) is 7.46. The summed E-state index contributed by atoms with van der Waals surface area (Å²) in [6, 6.07) is 0. The zero-order valence-corrected chi connectivity index (χ0v) is 11.2. The quantitative estimate of drug-likeness (QED) is 0.394. The molecule has 0 fully saturated rings. The highest BCUT2D eigenvalue weighted by Gasteiger charge is 2.26. The third kappa shape index (κ3) is 4.60. The van der Waals surface area contributed by atoms with E-state index in [0.717, 1.165) is 0 Å². The van der Waals surface area contributed by atoms with E-state index < -0.39 is 6.72 Å². The lowest BCUT2D eigenvalue weighted by Crippen LogP contribution is -2.11. The van der Waals surface area contributed by atoms with E-state index in [1.165, 1.54) is 21.5 Å². The average Bonchev–Trinajstić information content (AvgIpc) is 2.17. The van der Waals surface area contributed by atoms with Crippen molar-refractivity contribution in [1.29, 1.82) is 0 Å². The lowest BCUT2D eigenvalue weighted by atomic mass is 10.6. The highest BCUT2D eigenvalue weighted by atomic mass is 32.7. The number of thiocarbonyl (C=S) groups is 1. The average molecular weight is 253 g/mol. The van der Waals surface area contributed by atoms with Gasteiger partial charge in [0.15, 0.2) is 0 Å². The van der Waals surface area contributed by atoms with Gasteiger partial charge in [-0.1, -0.05) is 24.4 Å². The molecule has 1 atom stereocenters. The van der Waals surface area contributed by atoms with Crippen LogP contribution in [0.3, 0.4) is 0 Å². The van der Waals surface area contributed by atoms with Gasteiger partial charge in [0.2, 0.25) is 0 Å². The van der Waals surface area contributed by atoms with Gasteiger partial charge in [0, 0.05) is 12.8 Å². The second-order valence-electron chi connectivity index (χ2n) is 2.43. The monoisotopic (exact) mass is 253 g/mol. The van der Waals surface area contributed by atoms with E-state index in [1.54, 1.807) is 7.05 Å². The Labute approximate surface area is 95.1 Å². The first-order valence-corrected chi connectivity index (χ1v) is 7.93. The van der Waals surface area contributed by atoms with Crippen molar-refractivity contribution in [1.82, 2.24) is 4.67 Å². The van der Waals surface area contributed by atoms with Crippen LogP contribution in [0.25, 0.3) is 0 Å². The van der Waals surface area contributed by atoms with Crippen molar-refractivity contribution < 1.29 is 9.09 Å². The molecule has 0 bridgehead atoms. The molecular weight excluding hydrogens is 237 g/mol. The molecule has 0 amide bonds. The van der Waals surface area contributed by atoms with Crippen LogP contribution in [0.5, 0.6) is 0 Å². The van der Waals surface area contributed by atoms with Crippen molar-refractivity contribution in [3.63, 3.8) is 0 Å². The van der Waals surface area contributed by atoms with E-state index in [2.05, 4.69) is 0 Å². The Morgan fingerprint density at radius 2 is 2.29 bits per heavy atom. The molecule has 0 rings (SSSR count). The summed E-state index contributed by atoms with van der Waals surface area (Å²) in [6.07, 6.45) is 3.86. The molecule has 82 valence electrons. The molecule has 0 saturated heterocycles. The number of hydrogen-bond acceptors (Lipinski definition) is 4. The topological polar surface area (TPSA) is 29.5 Å². The SMILES string of the molecule is CC=CCSP(=O)(OCC)N(C)C=S. The van der Waals surface area contributed by atoms with Gasteiger partial charge >= 0.3 is 6.72 Å². The summed E-state index contributed by atoms with van der Waals surface area (Å²) < 4.78 is 18.9. The van der Waals surface area contributed by atoms with Crippen LogP contribution in [0, 0.1) is 0 Å². The summed E-state index contributed by atoms with van der Waals surface area (Å²) in [5, 5.41) is 0. The summed E-state index contributed by atoms with van der Waals surface area (Å²) >= 11 is 6.01. The van der Waals surface area contributed by atoms with Crippen LogP contribution in [0.2, 0.25) is 0 Å². The molecular formula is C8H16NO2PS2. The maximum atomic E-state index is 12.2. The summed E-state index contributed by atoms with van der Waals surface area (Å²) in [7, 11) is 1.67. The molecule has 0 aliphatic carbocycles. The van der Waals surface area contributed by atoms with E-state index in [4.69, 9.17) is 16.7 Å². The molecule has 0 aliphatic rings. The third-order valence-corrected chi connectivity index (χ3v) is 6.53. The van der Waals surface area contributed by atoms with Crippen LogP contribution in [0.15, 0.2) is 12.2 Å². The Bertz CT molecular complexity index is 245. The van der Waals surface area contributed by atoms with Gasteiger partial charge in [-0.25, -0.2) is 0 Å². The molecule has 0 spiro atoms. The van der Waals surface area contributed by atoms with E-state index in [9.17, 15) is 4.57 Å². The Morgan fingerprint density at radius 3 is 2.71 bits per heavy atom. The van der Waals surface area contributed by atoms with Crippen molar-refractivity contribution in [2.24, 2.45) is 0 Å². The van der Waals surface area contributed by atoms with Gasteiger partial charge < -0.3 is 4.52 Å². The van der Waals surface area contributed by atoms with E-state index in [0.29, 0.717) is 12.4 Å². The van der Waals surface area contributed by atoms with Gasteiger partial charge in [0.05, 0.1) is 12.1 Å². The van der Waals surface area contributed by atoms with Crippen LogP contribution in [-0.2, 0) is 9.09 Å². The molecule has 0 saturated carbocycles. The Balaban J connectivity index is 4.38. The summed E-state index contributed by atoms with van der Waals surface area (Å²) in [6.45, 7) is 1.37. The summed E-state index contributed by atoms with van der Waals surface area (Å²) in [4.78, 5) is 0. The fourth-order valence-electron chi connectivity index (χ4n) is 0.674. The van der Waals surface area contributed by atoms with Gasteiger partial charge in [-0.15, -0.1) is 0 Å². The lowest BCUT2D eigenvalue weighted by Gasteiger charge is -2.23. The number of rotatable bonds is 7. The van der Waals surface area contributed by atoms with Gasteiger partial charge in [0.1, 0.15) is 0 Å². The highest BCUT2D eigenvalue weighted by Crippen LogP contribution is 2.61. The normalized spacial score (nSPS) is 15.4. The minimum Gasteiger partial charge on any atom is -0.306 e. The number of hydrogen-bond donors (Lipinski definition) is 0. The standard InChI is InChI=1S/C8H16NO2PS2/c1-4-6-7-14-12(10,11-5-2)9(3)8-13/h4,6,8H,5,7H2,1-3H3. The van der Waals surface area contributed by atoms with Crippen LogP contribution >= 0.6 is 30.3 Å². The van der Waals surface area contributed by atoms with Crippen LogP contribution < -0.4 is 0 Å². The molecule has 0 aromatic heterocycles. The van der Waals surface area contributed by atoms with Crippen LogP contribution in [0.1, 0.15) is 13.8 Å². The number of allylic oxidation sites excluding steroid dienone is 1. The van der Waals surface area contributed by atoms with Crippen LogP contribution in [-0.4, -0.2) is 29.6 Å². The molecule has 0 radical (unpaired) electrons. The Morgan fingerprint density at radius 1 is 1.64 bits per heavy atom. The third-order valence-electron chi connectivity index (χ3n) is 1.40. The molecule has 3 nitrogen and oxygen atoms in total. The van der Waals surface area contributed by atoms with Gasteiger partial charge in [-0.3, -0.25) is 9.24 Å². The van der Waals surface area contributed by atoms with E-state index in [-0.39, 0.29) is 0 Å². The molecule has 0 aromatic rings. The Hall–Kier alpha value is 0.170. The van der Waals surface area contributed by atoms with Gasteiger partial charge in [-0.05, 0) is 25.2 Å². The van der Waals surface area contributed by atoms with Crippen molar-refractivity contribution in [2.75, 3.05) is 19.4 Å². The molecule has 0 aliphatic heterocycles. The fourth-order valence-corrected chi connectivity index (χ4v) is 4.62. The largest absolute Gasteiger partial charge is 0.353 e. The molecule has 1 unspecified atom stereocenters. The minimum absolute atomic E-state index is 0.424. The maximum absolute atomic E-state index is 12.2. The van der Waals surface area contributed by atoms with Crippen molar-refractivity contribution in [2.45, 2.75) is 13.8 Å². The first-order valence-electron chi connectivity index (χ1n) is 4.29. The molecule has 6 heteroatoms. The van der Waals surface area contributed by atoms with Crippen molar-refractivity contribution in [3.05, 3.63) is 12.2 Å². The van der Waals surface area contributed by atoms with E-state index in [1.807, 2.05) is 26.0 Å². The van der Waals surface area contributed by atoms with Crippen molar-refractivity contribution in [3.8, 4) is 0 Å².